The minimum absolute atomic E-state index is 0.000431. The van der Waals surface area contributed by atoms with Crippen LogP contribution in [-0.2, 0) is 26.1 Å². The topological polar surface area (TPSA) is 115 Å². The Labute approximate surface area is 165 Å². The van der Waals surface area contributed by atoms with E-state index in [2.05, 4.69) is 26.0 Å². The van der Waals surface area contributed by atoms with Gasteiger partial charge in [0.25, 0.3) is 5.91 Å². The van der Waals surface area contributed by atoms with Gasteiger partial charge in [0.1, 0.15) is 5.76 Å². The highest BCUT2D eigenvalue weighted by atomic mass is 79.9. The third-order valence-electron chi connectivity index (χ3n) is 3.23. The minimum atomic E-state index is -3.77. The molecule has 1 heterocycles. The average molecular weight is 459 g/mol. The quantitative estimate of drug-likeness (QED) is 0.585. The number of rotatable bonds is 8. The third kappa shape index (κ3) is 6.19. The fraction of sp³-hybridized carbons (Fsp3) is 0.294. The van der Waals surface area contributed by atoms with Crippen LogP contribution in [0.1, 0.15) is 30.0 Å². The molecule has 0 aliphatic rings. The van der Waals surface area contributed by atoms with Crippen LogP contribution in [-0.4, -0.2) is 32.9 Å². The normalized spacial score (nSPS) is 11.4. The lowest BCUT2D eigenvalue weighted by atomic mass is 10.2. The number of carbonyl (C=O) groups is 2. The highest BCUT2D eigenvalue weighted by Crippen LogP contribution is 2.22. The number of esters is 1. The lowest BCUT2D eigenvalue weighted by molar-refractivity contribution is -0.124. The van der Waals surface area contributed by atoms with Crippen LogP contribution >= 0.6 is 15.9 Å². The van der Waals surface area contributed by atoms with E-state index in [0.717, 1.165) is 0 Å². The fourth-order valence-corrected chi connectivity index (χ4v) is 3.75. The molecule has 0 unspecified atom stereocenters. The van der Waals surface area contributed by atoms with E-state index in [9.17, 15) is 18.0 Å². The number of hydrogen-bond donors (Lipinski definition) is 2. The van der Waals surface area contributed by atoms with Crippen molar-refractivity contribution in [2.75, 3.05) is 6.61 Å². The number of amides is 1. The Kier molecular flexibility index (Phi) is 7.17. The summed E-state index contributed by atoms with van der Waals surface area (Å²) in [6.07, 6.45) is 1.48. The molecule has 0 saturated carbocycles. The molecule has 2 aromatic rings. The molecule has 1 amide bonds. The number of carbonyl (C=O) groups excluding carboxylic acids is 2. The monoisotopic (exact) mass is 458 g/mol. The second-order valence-corrected chi connectivity index (χ2v) is 8.42. The number of sulfonamides is 1. The molecule has 0 fully saturated rings. The summed E-state index contributed by atoms with van der Waals surface area (Å²) in [5.41, 5.74) is 0.000431. The van der Waals surface area contributed by atoms with E-state index in [1.54, 1.807) is 26.0 Å². The number of ether oxygens (including phenoxy) is 1. The van der Waals surface area contributed by atoms with Crippen LogP contribution in [0.2, 0.25) is 0 Å². The van der Waals surface area contributed by atoms with Crippen molar-refractivity contribution in [3.05, 3.63) is 52.4 Å². The van der Waals surface area contributed by atoms with Crippen LogP contribution in [0.15, 0.2) is 50.4 Å². The first-order valence-electron chi connectivity index (χ1n) is 7.97. The molecule has 0 bridgehead atoms. The lowest BCUT2D eigenvalue weighted by Gasteiger charge is -2.12. The maximum atomic E-state index is 12.2. The van der Waals surface area contributed by atoms with Crippen molar-refractivity contribution >= 4 is 37.8 Å². The Morgan fingerprint density at radius 1 is 1.26 bits per heavy atom. The average Bonchev–Trinajstić information content (AvgIpc) is 3.10. The van der Waals surface area contributed by atoms with Crippen molar-refractivity contribution in [2.24, 2.45) is 0 Å². The van der Waals surface area contributed by atoms with Crippen molar-refractivity contribution in [1.29, 1.82) is 0 Å². The van der Waals surface area contributed by atoms with E-state index in [-0.39, 0.29) is 23.0 Å². The molecule has 27 heavy (non-hydrogen) atoms. The van der Waals surface area contributed by atoms with Gasteiger partial charge >= 0.3 is 5.97 Å². The standard InChI is InChI=1S/C17H19BrN2O6S/c1-11(2)20-27(23,24)13-5-6-15(18)14(8-13)17(22)26-10-16(21)19-9-12-4-3-7-25-12/h3-8,11,20H,9-10H2,1-2H3,(H,19,21). The zero-order valence-corrected chi connectivity index (χ0v) is 17.1. The Morgan fingerprint density at radius 3 is 2.63 bits per heavy atom. The van der Waals surface area contributed by atoms with Crippen molar-refractivity contribution in [2.45, 2.75) is 31.3 Å². The van der Waals surface area contributed by atoms with Gasteiger partial charge < -0.3 is 14.5 Å². The summed E-state index contributed by atoms with van der Waals surface area (Å²) in [5, 5.41) is 2.54. The largest absolute Gasteiger partial charge is 0.467 e. The van der Waals surface area contributed by atoms with E-state index in [4.69, 9.17) is 9.15 Å². The molecule has 0 atom stereocenters. The maximum Gasteiger partial charge on any atom is 0.339 e. The first-order chi connectivity index (χ1) is 12.7. The highest BCUT2D eigenvalue weighted by molar-refractivity contribution is 9.10. The summed E-state index contributed by atoms with van der Waals surface area (Å²) in [6.45, 7) is 3.04. The molecule has 8 nitrogen and oxygen atoms in total. The molecule has 0 spiro atoms. The first kappa shape index (κ1) is 21.1. The van der Waals surface area contributed by atoms with Crippen molar-refractivity contribution in [1.82, 2.24) is 10.0 Å². The van der Waals surface area contributed by atoms with E-state index >= 15 is 0 Å². The summed E-state index contributed by atoms with van der Waals surface area (Å²) >= 11 is 3.18. The van der Waals surface area contributed by atoms with Gasteiger partial charge in [-0.25, -0.2) is 17.9 Å². The smallest absolute Gasteiger partial charge is 0.339 e. The zero-order valence-electron chi connectivity index (χ0n) is 14.7. The molecule has 0 radical (unpaired) electrons. The van der Waals surface area contributed by atoms with Gasteiger partial charge in [-0.2, -0.15) is 0 Å². The predicted octanol–water partition coefficient (Wildman–Crippen LogP) is 2.20. The Morgan fingerprint density at radius 2 is 2.00 bits per heavy atom. The molecule has 1 aromatic carbocycles. The summed E-state index contributed by atoms with van der Waals surface area (Å²) in [7, 11) is -3.77. The minimum Gasteiger partial charge on any atom is -0.467 e. The Hall–Kier alpha value is -2.17. The van der Waals surface area contributed by atoms with Crippen molar-refractivity contribution in [3.63, 3.8) is 0 Å². The SMILES string of the molecule is CC(C)NS(=O)(=O)c1ccc(Br)c(C(=O)OCC(=O)NCc2ccco2)c1. The van der Waals surface area contributed by atoms with Gasteiger partial charge in [-0.1, -0.05) is 0 Å². The van der Waals surface area contributed by atoms with Gasteiger partial charge in [-0.15, -0.1) is 0 Å². The molecule has 0 aliphatic carbocycles. The summed E-state index contributed by atoms with van der Waals surface area (Å²) in [5.74, 6) is -0.772. The maximum absolute atomic E-state index is 12.2. The first-order valence-corrected chi connectivity index (χ1v) is 10.2. The fourth-order valence-electron chi connectivity index (χ4n) is 2.07. The molecular formula is C17H19BrN2O6S. The van der Waals surface area contributed by atoms with Crippen LogP contribution in [0.3, 0.4) is 0 Å². The Balaban J connectivity index is 2.01. The van der Waals surface area contributed by atoms with Crippen LogP contribution in [0.25, 0.3) is 0 Å². The highest BCUT2D eigenvalue weighted by Gasteiger charge is 2.20. The second-order valence-electron chi connectivity index (χ2n) is 5.85. The van der Waals surface area contributed by atoms with Crippen LogP contribution in [0.5, 0.6) is 0 Å². The number of benzene rings is 1. The van der Waals surface area contributed by atoms with Gasteiger partial charge in [0.2, 0.25) is 10.0 Å². The van der Waals surface area contributed by atoms with Crippen LogP contribution in [0, 0.1) is 0 Å². The number of halogens is 1. The van der Waals surface area contributed by atoms with E-state index < -0.39 is 28.5 Å². The molecule has 0 saturated heterocycles. The number of furan rings is 1. The summed E-state index contributed by atoms with van der Waals surface area (Å²) in [4.78, 5) is 23.9. The zero-order chi connectivity index (χ0) is 20.0. The number of nitrogens with one attached hydrogen (secondary N) is 2. The molecule has 1 aromatic heterocycles. The van der Waals surface area contributed by atoms with Crippen molar-refractivity contribution in [3.8, 4) is 0 Å². The summed E-state index contributed by atoms with van der Waals surface area (Å²) < 4.78 is 37.3. The van der Waals surface area contributed by atoms with Gasteiger partial charge in [-0.05, 0) is 60.1 Å². The second kappa shape index (κ2) is 9.16. The van der Waals surface area contributed by atoms with Gasteiger partial charge in [0, 0.05) is 10.5 Å². The molecule has 2 N–H and O–H groups in total. The molecule has 2 rings (SSSR count). The van der Waals surface area contributed by atoms with Crippen molar-refractivity contribution < 1.29 is 27.2 Å². The summed E-state index contributed by atoms with van der Waals surface area (Å²) in [6, 6.07) is 7.07. The van der Waals surface area contributed by atoms with Crippen LogP contribution in [0.4, 0.5) is 0 Å². The van der Waals surface area contributed by atoms with Crippen LogP contribution < -0.4 is 10.0 Å². The van der Waals surface area contributed by atoms with Gasteiger partial charge in [-0.3, -0.25) is 4.79 Å². The predicted molar refractivity (Wildman–Crippen MR) is 100 cm³/mol. The molecule has 146 valence electrons. The lowest BCUT2D eigenvalue weighted by Crippen LogP contribution is -2.30. The molecule has 10 heteroatoms. The third-order valence-corrected chi connectivity index (χ3v) is 5.58. The Bertz CT molecular complexity index is 910. The molecule has 0 aliphatic heterocycles. The molecular weight excluding hydrogens is 440 g/mol. The van der Waals surface area contributed by atoms with E-state index in [1.165, 1.54) is 24.5 Å². The number of hydrogen-bond acceptors (Lipinski definition) is 6. The van der Waals surface area contributed by atoms with Gasteiger partial charge in [0.05, 0.1) is 23.3 Å². The van der Waals surface area contributed by atoms with E-state index in [1.807, 2.05) is 0 Å². The van der Waals surface area contributed by atoms with Gasteiger partial charge in [0.15, 0.2) is 6.61 Å². The van der Waals surface area contributed by atoms with E-state index in [0.29, 0.717) is 10.2 Å².